The number of halogens is 1. The quantitative estimate of drug-likeness (QED) is 0.162. The Labute approximate surface area is 243 Å². The second kappa shape index (κ2) is 13.3. The number of rotatable bonds is 12. The van der Waals surface area contributed by atoms with Gasteiger partial charge in [0.25, 0.3) is 11.6 Å². The third-order valence-electron chi connectivity index (χ3n) is 6.83. The number of hydrogen-bond acceptors (Lipinski definition) is 5. The van der Waals surface area contributed by atoms with Crippen molar-refractivity contribution in [3.63, 3.8) is 0 Å². The second-order valence-corrected chi connectivity index (χ2v) is 10.6. The number of fused-ring (bicyclic) bond motifs is 1. The van der Waals surface area contributed by atoms with Crippen LogP contribution in [0.4, 0.5) is 5.69 Å². The molecule has 1 heterocycles. The lowest BCUT2D eigenvalue weighted by Gasteiger charge is -2.29. The van der Waals surface area contributed by atoms with Gasteiger partial charge < -0.3 is 19.5 Å². The summed E-state index contributed by atoms with van der Waals surface area (Å²) in [5.74, 6) is 0.0474. The standard InChI is InChI=1S/C31H33ClN4O5/c1-21(2)18-35(31(38)26-13-12-24(36(39)40)16-27(26)32)20-30(37)34(19-23-8-4-7-11-29(23)41-3)15-14-22-17-33-28-10-6-5-9-25(22)28/h4-13,16-17,21,33H,14-15,18-20H2,1-3H3. The van der Waals surface area contributed by atoms with Crippen LogP contribution in [0, 0.1) is 16.0 Å². The lowest BCUT2D eigenvalue weighted by atomic mass is 10.1. The highest BCUT2D eigenvalue weighted by Gasteiger charge is 2.26. The number of aromatic amines is 1. The van der Waals surface area contributed by atoms with Gasteiger partial charge in [0.15, 0.2) is 0 Å². The van der Waals surface area contributed by atoms with Gasteiger partial charge in [0.05, 0.1) is 22.6 Å². The zero-order valence-corrected chi connectivity index (χ0v) is 24.1. The summed E-state index contributed by atoms with van der Waals surface area (Å²) < 4.78 is 5.53. The smallest absolute Gasteiger partial charge is 0.270 e. The summed E-state index contributed by atoms with van der Waals surface area (Å²) in [4.78, 5) is 44.5. The molecule has 4 rings (SSSR count). The van der Waals surface area contributed by atoms with Crippen LogP contribution in [0.1, 0.15) is 35.3 Å². The Morgan fingerprint density at radius 3 is 2.46 bits per heavy atom. The van der Waals surface area contributed by atoms with Gasteiger partial charge in [0.2, 0.25) is 5.91 Å². The highest BCUT2D eigenvalue weighted by molar-refractivity contribution is 6.34. The summed E-state index contributed by atoms with van der Waals surface area (Å²) in [6, 6.07) is 19.3. The molecule has 2 amide bonds. The summed E-state index contributed by atoms with van der Waals surface area (Å²) in [6.45, 7) is 4.75. The summed E-state index contributed by atoms with van der Waals surface area (Å²) >= 11 is 6.28. The van der Waals surface area contributed by atoms with Gasteiger partial charge in [-0.25, -0.2) is 0 Å². The van der Waals surface area contributed by atoms with Crippen LogP contribution in [-0.4, -0.2) is 58.3 Å². The van der Waals surface area contributed by atoms with Crippen molar-refractivity contribution in [1.82, 2.24) is 14.8 Å². The van der Waals surface area contributed by atoms with Gasteiger partial charge in [-0.05, 0) is 36.1 Å². The Balaban J connectivity index is 1.60. The van der Waals surface area contributed by atoms with Gasteiger partial charge in [-0.2, -0.15) is 0 Å². The van der Waals surface area contributed by atoms with Crippen LogP contribution < -0.4 is 4.74 Å². The van der Waals surface area contributed by atoms with Crippen LogP contribution in [0.25, 0.3) is 10.9 Å². The number of nitro groups is 1. The maximum Gasteiger partial charge on any atom is 0.270 e. The minimum Gasteiger partial charge on any atom is -0.496 e. The van der Waals surface area contributed by atoms with Gasteiger partial charge >= 0.3 is 0 Å². The fraction of sp³-hybridized carbons (Fsp3) is 0.290. The molecule has 0 saturated carbocycles. The monoisotopic (exact) mass is 576 g/mol. The molecule has 214 valence electrons. The molecule has 1 aromatic heterocycles. The van der Waals surface area contributed by atoms with Gasteiger partial charge in [-0.3, -0.25) is 19.7 Å². The van der Waals surface area contributed by atoms with E-state index in [0.29, 0.717) is 31.8 Å². The number of methoxy groups -OCH3 is 1. The molecule has 0 spiro atoms. The minimum atomic E-state index is -0.570. The van der Waals surface area contributed by atoms with E-state index in [1.807, 2.05) is 68.6 Å². The number of hydrogen-bond donors (Lipinski definition) is 1. The van der Waals surface area contributed by atoms with Crippen LogP contribution in [0.5, 0.6) is 5.75 Å². The molecule has 0 atom stereocenters. The Kier molecular flexibility index (Phi) is 9.62. The van der Waals surface area contributed by atoms with E-state index in [1.54, 1.807) is 12.0 Å². The van der Waals surface area contributed by atoms with E-state index in [0.717, 1.165) is 28.1 Å². The maximum absolute atomic E-state index is 13.9. The number of carbonyl (C=O) groups is 2. The molecule has 0 fully saturated rings. The van der Waals surface area contributed by atoms with Crippen LogP contribution in [0.3, 0.4) is 0 Å². The third-order valence-corrected chi connectivity index (χ3v) is 7.14. The zero-order chi connectivity index (χ0) is 29.5. The summed E-state index contributed by atoms with van der Waals surface area (Å²) in [5.41, 5.74) is 2.87. The topological polar surface area (TPSA) is 109 Å². The Bertz CT molecular complexity index is 1550. The molecule has 0 saturated heterocycles. The summed E-state index contributed by atoms with van der Waals surface area (Å²) in [5, 5.41) is 12.2. The first kappa shape index (κ1) is 29.6. The largest absolute Gasteiger partial charge is 0.496 e. The molecule has 0 unspecified atom stereocenters. The minimum absolute atomic E-state index is 0.0318. The molecule has 0 bridgehead atoms. The fourth-order valence-electron chi connectivity index (χ4n) is 4.81. The number of aromatic nitrogens is 1. The number of para-hydroxylation sites is 2. The van der Waals surface area contributed by atoms with E-state index in [9.17, 15) is 19.7 Å². The van der Waals surface area contributed by atoms with Gasteiger partial charge in [-0.15, -0.1) is 0 Å². The lowest BCUT2D eigenvalue weighted by molar-refractivity contribution is -0.384. The predicted molar refractivity (Wildman–Crippen MR) is 159 cm³/mol. The molecule has 10 heteroatoms. The zero-order valence-electron chi connectivity index (χ0n) is 23.3. The molecular formula is C31H33ClN4O5. The molecule has 0 aliphatic heterocycles. The SMILES string of the molecule is COc1ccccc1CN(CCc1c[nH]c2ccccc12)C(=O)CN(CC(C)C)C(=O)c1ccc([N+](=O)[O-])cc1Cl. The highest BCUT2D eigenvalue weighted by atomic mass is 35.5. The molecule has 41 heavy (non-hydrogen) atoms. The van der Waals surface area contributed by atoms with Crippen molar-refractivity contribution in [3.05, 3.63) is 105 Å². The molecule has 0 radical (unpaired) electrons. The Morgan fingerprint density at radius 2 is 1.76 bits per heavy atom. The molecule has 0 aliphatic carbocycles. The van der Waals surface area contributed by atoms with Crippen LogP contribution in [0.2, 0.25) is 5.02 Å². The molecule has 4 aromatic rings. The van der Waals surface area contributed by atoms with Gasteiger partial charge in [-0.1, -0.05) is 61.8 Å². The molecular weight excluding hydrogens is 544 g/mol. The van der Waals surface area contributed by atoms with E-state index in [1.165, 1.54) is 17.0 Å². The fourth-order valence-corrected chi connectivity index (χ4v) is 5.07. The average molecular weight is 577 g/mol. The van der Waals surface area contributed by atoms with Crippen molar-refractivity contribution < 1.29 is 19.2 Å². The van der Waals surface area contributed by atoms with Crippen LogP contribution in [0.15, 0.2) is 72.9 Å². The summed E-state index contributed by atoms with van der Waals surface area (Å²) in [7, 11) is 1.59. The number of nitrogens with one attached hydrogen (secondary N) is 1. The number of non-ortho nitro benzene ring substituents is 1. The van der Waals surface area contributed by atoms with E-state index in [2.05, 4.69) is 4.98 Å². The van der Waals surface area contributed by atoms with Crippen LogP contribution in [-0.2, 0) is 17.8 Å². The van der Waals surface area contributed by atoms with E-state index < -0.39 is 10.8 Å². The van der Waals surface area contributed by atoms with Gasteiger partial charge in [0, 0.05) is 54.4 Å². The Morgan fingerprint density at radius 1 is 1.02 bits per heavy atom. The molecule has 1 N–H and O–H groups in total. The van der Waals surface area contributed by atoms with E-state index >= 15 is 0 Å². The number of carbonyl (C=O) groups excluding carboxylic acids is 2. The van der Waals surface area contributed by atoms with Crippen molar-refractivity contribution in [2.24, 2.45) is 5.92 Å². The molecule has 9 nitrogen and oxygen atoms in total. The van der Waals surface area contributed by atoms with Crippen molar-refractivity contribution >= 4 is 40.0 Å². The number of H-pyrrole nitrogens is 1. The van der Waals surface area contributed by atoms with Crippen molar-refractivity contribution in [3.8, 4) is 5.75 Å². The van der Waals surface area contributed by atoms with E-state index in [-0.39, 0.29) is 34.6 Å². The predicted octanol–water partition coefficient (Wildman–Crippen LogP) is 6.11. The first-order valence-corrected chi connectivity index (χ1v) is 13.7. The first-order valence-electron chi connectivity index (χ1n) is 13.4. The molecule has 3 aromatic carbocycles. The number of benzene rings is 3. The summed E-state index contributed by atoms with van der Waals surface area (Å²) in [6.07, 6.45) is 2.57. The number of nitro benzene ring substituents is 1. The van der Waals surface area contributed by atoms with Crippen molar-refractivity contribution in [2.45, 2.75) is 26.8 Å². The Hall–Kier alpha value is -4.37. The highest BCUT2D eigenvalue weighted by Crippen LogP contribution is 2.25. The average Bonchev–Trinajstić information content (AvgIpc) is 3.37. The number of amides is 2. The van der Waals surface area contributed by atoms with Crippen molar-refractivity contribution in [2.75, 3.05) is 26.7 Å². The van der Waals surface area contributed by atoms with Crippen LogP contribution >= 0.6 is 11.6 Å². The molecule has 0 aliphatic rings. The van der Waals surface area contributed by atoms with Crippen molar-refractivity contribution in [1.29, 1.82) is 0 Å². The third kappa shape index (κ3) is 7.24. The van der Waals surface area contributed by atoms with Gasteiger partial charge in [0.1, 0.15) is 12.3 Å². The first-order chi connectivity index (χ1) is 19.7. The van der Waals surface area contributed by atoms with E-state index in [4.69, 9.17) is 16.3 Å². The lowest BCUT2D eigenvalue weighted by Crippen LogP contribution is -2.44. The second-order valence-electron chi connectivity index (χ2n) is 10.2. The number of nitrogens with zero attached hydrogens (tertiary/aromatic N) is 3. The normalized spacial score (nSPS) is 11.0. The maximum atomic E-state index is 13.9. The number of ether oxygens (including phenoxy) is 1.